The minimum absolute atomic E-state index is 0.0110. The first-order valence-corrected chi connectivity index (χ1v) is 9.65. The van der Waals surface area contributed by atoms with Crippen LogP contribution in [0.1, 0.15) is 25.7 Å². The van der Waals surface area contributed by atoms with E-state index in [1.54, 1.807) is 19.0 Å². The summed E-state index contributed by atoms with van der Waals surface area (Å²) in [5.41, 5.74) is 0. The molecule has 7 heteroatoms. The smallest absolute Gasteiger partial charge is 0.243 e. The molecule has 1 fully saturated rings. The Morgan fingerprint density at radius 2 is 1.96 bits per heavy atom. The van der Waals surface area contributed by atoms with Crippen LogP contribution in [0.3, 0.4) is 0 Å². The Morgan fingerprint density at radius 1 is 1.23 bits per heavy atom. The van der Waals surface area contributed by atoms with Crippen molar-refractivity contribution in [2.24, 2.45) is 4.99 Å². The monoisotopic (exact) mass is 367 g/mol. The van der Waals surface area contributed by atoms with Crippen LogP contribution in [0.2, 0.25) is 0 Å². The van der Waals surface area contributed by atoms with E-state index >= 15 is 0 Å². The number of hydrogen-bond acceptors (Lipinski definition) is 4. The van der Waals surface area contributed by atoms with Crippen LogP contribution in [0.15, 0.2) is 17.6 Å². The van der Waals surface area contributed by atoms with Crippen molar-refractivity contribution in [1.82, 2.24) is 20.0 Å². The molecule has 1 N–H and O–H groups in total. The molecule has 0 saturated carbocycles. The fourth-order valence-corrected chi connectivity index (χ4v) is 2.67. The molecular formula is C19H37N5O2. The van der Waals surface area contributed by atoms with Crippen molar-refractivity contribution in [1.29, 1.82) is 0 Å². The molecule has 1 heterocycles. The van der Waals surface area contributed by atoms with E-state index in [1.807, 2.05) is 13.1 Å². The number of ether oxygens (including phenoxy) is 1. The van der Waals surface area contributed by atoms with Crippen LogP contribution in [0, 0.1) is 0 Å². The highest BCUT2D eigenvalue weighted by molar-refractivity contribution is 5.84. The average Bonchev–Trinajstić information content (AvgIpc) is 2.64. The van der Waals surface area contributed by atoms with Gasteiger partial charge in [0.1, 0.15) is 6.54 Å². The molecule has 7 nitrogen and oxygen atoms in total. The number of hydrogen-bond donors (Lipinski definition) is 1. The molecule has 26 heavy (non-hydrogen) atoms. The van der Waals surface area contributed by atoms with Gasteiger partial charge in [0.05, 0.1) is 13.2 Å². The maximum atomic E-state index is 11.9. The van der Waals surface area contributed by atoms with E-state index in [1.165, 1.54) is 12.8 Å². The zero-order chi connectivity index (χ0) is 19.2. The minimum Gasteiger partial charge on any atom is -0.379 e. The number of nitrogens with zero attached hydrogens (tertiary/aromatic N) is 4. The summed E-state index contributed by atoms with van der Waals surface area (Å²) in [6, 6.07) is 0. The van der Waals surface area contributed by atoms with Gasteiger partial charge in [0, 0.05) is 53.9 Å². The summed E-state index contributed by atoms with van der Waals surface area (Å²) < 4.78 is 5.38. The highest BCUT2D eigenvalue weighted by Gasteiger charge is 2.12. The minimum atomic E-state index is 0.0110. The van der Waals surface area contributed by atoms with Gasteiger partial charge in [0.2, 0.25) is 5.91 Å². The number of guanidine groups is 1. The maximum absolute atomic E-state index is 11.9. The molecule has 1 rings (SSSR count). The Kier molecular flexibility index (Phi) is 11.7. The molecule has 0 aromatic carbocycles. The number of nitrogens with one attached hydrogen (secondary N) is 1. The first-order valence-electron chi connectivity index (χ1n) is 9.65. The summed E-state index contributed by atoms with van der Waals surface area (Å²) >= 11 is 0. The fraction of sp³-hybridized carbons (Fsp3) is 0.789. The Bertz CT molecular complexity index is 434. The molecule has 150 valence electrons. The Balaban J connectivity index is 2.46. The summed E-state index contributed by atoms with van der Waals surface area (Å²) in [4.78, 5) is 22.5. The van der Waals surface area contributed by atoms with E-state index in [0.717, 1.165) is 64.7 Å². The topological polar surface area (TPSA) is 60.4 Å². The maximum Gasteiger partial charge on any atom is 0.243 e. The second-order valence-electron chi connectivity index (χ2n) is 6.87. The quantitative estimate of drug-likeness (QED) is 0.256. The molecule has 0 radical (unpaired) electrons. The van der Waals surface area contributed by atoms with Crippen molar-refractivity contribution < 1.29 is 9.53 Å². The lowest BCUT2D eigenvalue weighted by molar-refractivity contribution is -0.127. The third-order valence-corrected chi connectivity index (χ3v) is 4.44. The second kappa shape index (κ2) is 13.6. The van der Waals surface area contributed by atoms with E-state index in [-0.39, 0.29) is 12.5 Å². The molecule has 1 aliphatic heterocycles. The molecule has 1 saturated heterocycles. The molecule has 0 aromatic heterocycles. The van der Waals surface area contributed by atoms with Crippen molar-refractivity contribution in [3.8, 4) is 0 Å². The number of amides is 1. The number of carbonyl (C=O) groups excluding carboxylic acids is 1. The van der Waals surface area contributed by atoms with Crippen molar-refractivity contribution in [2.75, 3.05) is 73.6 Å². The summed E-state index contributed by atoms with van der Waals surface area (Å²) in [5, 5.41) is 3.42. The standard InChI is InChI=1S/C19H37N5O2/c1-5-6-7-8-9-11-23(4)19(21-17-18(25)22(2)3)20-10-12-24-13-15-26-16-14-24/h5H,1,6-17H2,2-4H3,(H,20,21). The van der Waals surface area contributed by atoms with E-state index in [9.17, 15) is 4.79 Å². The number of allylic oxidation sites excluding steroid dienone is 1. The van der Waals surface area contributed by atoms with Gasteiger partial charge in [-0.15, -0.1) is 6.58 Å². The number of aliphatic imine (C=N–C) groups is 1. The van der Waals surface area contributed by atoms with E-state index < -0.39 is 0 Å². The van der Waals surface area contributed by atoms with Gasteiger partial charge < -0.3 is 19.9 Å². The first kappa shape index (κ1) is 22.4. The lowest BCUT2D eigenvalue weighted by Crippen LogP contribution is -2.45. The van der Waals surface area contributed by atoms with Gasteiger partial charge in [-0.2, -0.15) is 0 Å². The predicted octanol–water partition coefficient (Wildman–Crippen LogP) is 1.03. The largest absolute Gasteiger partial charge is 0.379 e. The van der Waals surface area contributed by atoms with Gasteiger partial charge in [-0.1, -0.05) is 12.5 Å². The van der Waals surface area contributed by atoms with Crippen molar-refractivity contribution in [3.63, 3.8) is 0 Å². The SMILES string of the molecule is C=CCCCCCN(C)C(=NCC(=O)N(C)C)NCCN1CCOCC1. The van der Waals surface area contributed by atoms with Crippen molar-refractivity contribution in [2.45, 2.75) is 25.7 Å². The molecule has 1 amide bonds. The van der Waals surface area contributed by atoms with Gasteiger partial charge in [0.25, 0.3) is 0 Å². The lowest BCUT2D eigenvalue weighted by atomic mass is 10.2. The molecule has 0 aliphatic carbocycles. The summed E-state index contributed by atoms with van der Waals surface area (Å²) in [6.07, 6.45) is 6.49. The summed E-state index contributed by atoms with van der Waals surface area (Å²) in [6.45, 7) is 10.2. The van der Waals surface area contributed by atoms with Gasteiger partial charge in [-0.3, -0.25) is 9.69 Å². The highest BCUT2D eigenvalue weighted by atomic mass is 16.5. The molecule has 0 unspecified atom stereocenters. The van der Waals surface area contributed by atoms with Crippen LogP contribution >= 0.6 is 0 Å². The van der Waals surface area contributed by atoms with Gasteiger partial charge in [0.15, 0.2) is 5.96 Å². The van der Waals surface area contributed by atoms with Crippen LogP contribution < -0.4 is 5.32 Å². The molecule has 0 atom stereocenters. The van der Waals surface area contributed by atoms with Crippen LogP contribution in [0.4, 0.5) is 0 Å². The number of morpholine rings is 1. The van der Waals surface area contributed by atoms with E-state index in [2.05, 4.69) is 26.7 Å². The first-order chi connectivity index (χ1) is 12.5. The van der Waals surface area contributed by atoms with Gasteiger partial charge in [-0.25, -0.2) is 4.99 Å². The van der Waals surface area contributed by atoms with E-state index in [0.29, 0.717) is 0 Å². The van der Waals surface area contributed by atoms with E-state index in [4.69, 9.17) is 4.74 Å². The fourth-order valence-electron chi connectivity index (χ4n) is 2.67. The number of rotatable bonds is 11. The molecular weight excluding hydrogens is 330 g/mol. The van der Waals surface area contributed by atoms with Crippen molar-refractivity contribution in [3.05, 3.63) is 12.7 Å². The molecule has 0 bridgehead atoms. The van der Waals surface area contributed by atoms with Crippen LogP contribution in [-0.2, 0) is 9.53 Å². The molecule has 0 aromatic rings. The Morgan fingerprint density at radius 3 is 2.62 bits per heavy atom. The second-order valence-corrected chi connectivity index (χ2v) is 6.87. The Labute approximate surface area is 159 Å². The zero-order valence-electron chi connectivity index (χ0n) is 16.9. The number of unbranched alkanes of at least 4 members (excludes halogenated alkanes) is 3. The zero-order valence-corrected chi connectivity index (χ0v) is 16.9. The average molecular weight is 368 g/mol. The molecule has 0 spiro atoms. The van der Waals surface area contributed by atoms with Crippen molar-refractivity contribution >= 4 is 11.9 Å². The summed E-state index contributed by atoms with van der Waals surface area (Å²) in [5.74, 6) is 0.814. The predicted molar refractivity (Wildman–Crippen MR) is 108 cm³/mol. The normalized spacial score (nSPS) is 15.6. The van der Waals surface area contributed by atoms with Gasteiger partial charge in [-0.05, 0) is 19.3 Å². The lowest BCUT2D eigenvalue weighted by Gasteiger charge is -2.28. The van der Waals surface area contributed by atoms with Gasteiger partial charge >= 0.3 is 0 Å². The number of carbonyl (C=O) groups is 1. The van der Waals surface area contributed by atoms with Crippen LogP contribution in [0.5, 0.6) is 0 Å². The number of likely N-dealkylation sites (N-methyl/N-ethyl adjacent to an activating group) is 1. The third kappa shape index (κ3) is 9.77. The molecule has 1 aliphatic rings. The Hall–Kier alpha value is -1.60. The van der Waals surface area contributed by atoms with Crippen LogP contribution in [-0.4, -0.2) is 100 Å². The van der Waals surface area contributed by atoms with Crippen LogP contribution in [0.25, 0.3) is 0 Å². The third-order valence-electron chi connectivity index (χ3n) is 4.44. The summed E-state index contributed by atoms with van der Waals surface area (Å²) in [7, 11) is 5.55. The highest BCUT2D eigenvalue weighted by Crippen LogP contribution is 2.02.